The van der Waals surface area contributed by atoms with Crippen LogP contribution in [-0.4, -0.2) is 33.7 Å². The SMILES string of the molecule is CCOC(=O)NS(=O)(=O)NC1CNc2ccccc2C1. The molecule has 7 nitrogen and oxygen atoms in total. The lowest BCUT2D eigenvalue weighted by molar-refractivity contribution is 0.158. The van der Waals surface area contributed by atoms with Gasteiger partial charge in [-0.15, -0.1) is 0 Å². The fourth-order valence-electron chi connectivity index (χ4n) is 2.04. The summed E-state index contributed by atoms with van der Waals surface area (Å²) in [6.45, 7) is 2.17. The molecule has 0 aliphatic carbocycles. The zero-order chi connectivity index (χ0) is 14.6. The van der Waals surface area contributed by atoms with Crippen molar-refractivity contribution in [2.75, 3.05) is 18.5 Å². The lowest BCUT2D eigenvalue weighted by atomic mass is 10.0. The van der Waals surface area contributed by atoms with Crippen molar-refractivity contribution in [3.63, 3.8) is 0 Å². The molecule has 1 aliphatic rings. The second-order valence-corrected chi connectivity index (χ2v) is 5.83. The smallest absolute Gasteiger partial charge is 0.421 e. The number of carbonyl (C=O) groups excluding carboxylic acids is 1. The second-order valence-electron chi connectivity index (χ2n) is 4.38. The van der Waals surface area contributed by atoms with Gasteiger partial charge in [0.15, 0.2) is 0 Å². The van der Waals surface area contributed by atoms with Crippen molar-refractivity contribution in [3.05, 3.63) is 29.8 Å². The van der Waals surface area contributed by atoms with Crippen LogP contribution in [0.5, 0.6) is 0 Å². The van der Waals surface area contributed by atoms with Gasteiger partial charge in [0.2, 0.25) is 0 Å². The first-order valence-corrected chi connectivity index (χ1v) is 7.77. The minimum Gasteiger partial charge on any atom is -0.449 e. The van der Waals surface area contributed by atoms with Gasteiger partial charge in [-0.2, -0.15) is 13.1 Å². The maximum atomic E-state index is 11.7. The fraction of sp³-hybridized carbons (Fsp3) is 0.417. The van der Waals surface area contributed by atoms with Crippen LogP contribution in [-0.2, 0) is 21.4 Å². The van der Waals surface area contributed by atoms with E-state index in [4.69, 9.17) is 0 Å². The van der Waals surface area contributed by atoms with Gasteiger partial charge in [0, 0.05) is 18.3 Å². The van der Waals surface area contributed by atoms with Gasteiger partial charge >= 0.3 is 16.3 Å². The van der Waals surface area contributed by atoms with Gasteiger partial charge in [-0.1, -0.05) is 18.2 Å². The van der Waals surface area contributed by atoms with Crippen LogP contribution in [0, 0.1) is 0 Å². The molecule has 0 spiro atoms. The Balaban J connectivity index is 1.96. The number of anilines is 1. The van der Waals surface area contributed by atoms with Crippen LogP contribution in [0.3, 0.4) is 0 Å². The molecule has 1 atom stereocenters. The van der Waals surface area contributed by atoms with Gasteiger partial charge < -0.3 is 10.1 Å². The Labute approximate surface area is 117 Å². The zero-order valence-corrected chi connectivity index (χ0v) is 11.9. The molecule has 0 bridgehead atoms. The van der Waals surface area contributed by atoms with Crippen LogP contribution in [0.1, 0.15) is 12.5 Å². The van der Waals surface area contributed by atoms with Crippen molar-refractivity contribution in [1.29, 1.82) is 0 Å². The third kappa shape index (κ3) is 3.84. The molecule has 0 fully saturated rings. The van der Waals surface area contributed by atoms with E-state index in [1.165, 1.54) is 0 Å². The molecule has 0 saturated carbocycles. The highest BCUT2D eigenvalue weighted by molar-refractivity contribution is 7.88. The first-order valence-electron chi connectivity index (χ1n) is 6.29. The summed E-state index contributed by atoms with van der Waals surface area (Å²) in [5.41, 5.74) is 2.03. The van der Waals surface area contributed by atoms with Crippen LogP contribution in [0.15, 0.2) is 24.3 Å². The van der Waals surface area contributed by atoms with E-state index in [9.17, 15) is 13.2 Å². The van der Waals surface area contributed by atoms with Gasteiger partial charge in [-0.3, -0.25) is 0 Å². The van der Waals surface area contributed by atoms with Crippen molar-refractivity contribution >= 4 is 22.0 Å². The van der Waals surface area contributed by atoms with E-state index in [2.05, 4.69) is 14.8 Å². The monoisotopic (exact) mass is 299 g/mol. The van der Waals surface area contributed by atoms with Crippen LogP contribution in [0.4, 0.5) is 10.5 Å². The number of hydrogen-bond acceptors (Lipinski definition) is 5. The molecule has 1 unspecified atom stereocenters. The summed E-state index contributed by atoms with van der Waals surface area (Å²) in [4.78, 5) is 11.1. The molecule has 1 aromatic carbocycles. The Morgan fingerprint density at radius 2 is 2.20 bits per heavy atom. The Morgan fingerprint density at radius 3 is 2.95 bits per heavy atom. The quantitative estimate of drug-likeness (QED) is 0.756. The number of para-hydroxylation sites is 1. The minimum absolute atomic E-state index is 0.111. The van der Waals surface area contributed by atoms with E-state index in [-0.39, 0.29) is 12.6 Å². The van der Waals surface area contributed by atoms with Gasteiger partial charge in [-0.25, -0.2) is 9.52 Å². The molecule has 3 N–H and O–H groups in total. The molecule has 110 valence electrons. The predicted octanol–water partition coefficient (Wildman–Crippen LogP) is 0.604. The maximum Gasteiger partial charge on any atom is 0.421 e. The first-order chi connectivity index (χ1) is 9.50. The van der Waals surface area contributed by atoms with Gasteiger partial charge in [0.25, 0.3) is 0 Å². The molecule has 0 aromatic heterocycles. The van der Waals surface area contributed by atoms with E-state index in [0.717, 1.165) is 11.3 Å². The van der Waals surface area contributed by atoms with E-state index in [1.807, 2.05) is 24.3 Å². The van der Waals surface area contributed by atoms with Crippen LogP contribution >= 0.6 is 0 Å². The topological polar surface area (TPSA) is 96.5 Å². The third-order valence-corrected chi connectivity index (χ3v) is 3.92. The lowest BCUT2D eigenvalue weighted by Crippen LogP contribution is -2.49. The second kappa shape index (κ2) is 6.10. The number of ether oxygens (including phenoxy) is 1. The first kappa shape index (κ1) is 14.6. The van der Waals surface area contributed by atoms with Gasteiger partial charge in [0.1, 0.15) is 0 Å². The van der Waals surface area contributed by atoms with Crippen molar-refractivity contribution in [2.45, 2.75) is 19.4 Å². The number of benzene rings is 1. The molecule has 20 heavy (non-hydrogen) atoms. The number of carbonyl (C=O) groups is 1. The molecular weight excluding hydrogens is 282 g/mol. The minimum atomic E-state index is -3.92. The van der Waals surface area contributed by atoms with E-state index < -0.39 is 16.3 Å². The van der Waals surface area contributed by atoms with E-state index in [1.54, 1.807) is 11.6 Å². The summed E-state index contributed by atoms with van der Waals surface area (Å²) in [6.07, 6.45) is -0.420. The largest absolute Gasteiger partial charge is 0.449 e. The van der Waals surface area contributed by atoms with Gasteiger partial charge in [0.05, 0.1) is 6.61 Å². The molecule has 8 heteroatoms. The number of fused-ring (bicyclic) bond motifs is 1. The molecule has 1 heterocycles. The standard InChI is InChI=1S/C12H17N3O4S/c1-2-19-12(16)15-20(17,18)14-10-7-9-5-3-4-6-11(9)13-8-10/h3-6,10,13-14H,2,7-8H2,1H3,(H,15,16). The fourth-order valence-corrected chi connectivity index (χ4v) is 2.99. The Hall–Kier alpha value is -1.80. The van der Waals surface area contributed by atoms with Crippen LogP contribution in [0.2, 0.25) is 0 Å². The summed E-state index contributed by atoms with van der Waals surface area (Å²) < 4.78 is 32.3. The lowest BCUT2D eigenvalue weighted by Gasteiger charge is -2.26. The maximum absolute atomic E-state index is 11.7. The molecule has 0 radical (unpaired) electrons. The van der Waals surface area contributed by atoms with Gasteiger partial charge in [-0.05, 0) is 25.0 Å². The summed E-state index contributed by atoms with van der Waals surface area (Å²) in [5.74, 6) is 0. The highest BCUT2D eigenvalue weighted by atomic mass is 32.2. The molecule has 1 amide bonds. The van der Waals surface area contributed by atoms with E-state index in [0.29, 0.717) is 13.0 Å². The average molecular weight is 299 g/mol. The highest BCUT2D eigenvalue weighted by Gasteiger charge is 2.24. The zero-order valence-electron chi connectivity index (χ0n) is 11.0. The van der Waals surface area contributed by atoms with Crippen molar-refractivity contribution in [1.82, 2.24) is 9.44 Å². The Bertz CT molecular complexity index is 588. The number of amides is 1. The summed E-state index contributed by atoms with van der Waals surface area (Å²) in [7, 11) is -3.92. The molecule has 1 aromatic rings. The number of hydrogen-bond donors (Lipinski definition) is 3. The number of rotatable bonds is 4. The Morgan fingerprint density at radius 1 is 1.45 bits per heavy atom. The summed E-state index contributed by atoms with van der Waals surface area (Å²) >= 11 is 0. The highest BCUT2D eigenvalue weighted by Crippen LogP contribution is 2.21. The molecular formula is C12H17N3O4S. The average Bonchev–Trinajstić information content (AvgIpc) is 2.37. The Kier molecular flexibility index (Phi) is 4.46. The molecule has 0 saturated heterocycles. The van der Waals surface area contributed by atoms with Crippen LogP contribution in [0.25, 0.3) is 0 Å². The van der Waals surface area contributed by atoms with E-state index >= 15 is 0 Å². The molecule has 2 rings (SSSR count). The van der Waals surface area contributed by atoms with Crippen LogP contribution < -0.4 is 14.8 Å². The third-order valence-electron chi connectivity index (χ3n) is 2.84. The van der Waals surface area contributed by atoms with Crippen molar-refractivity contribution in [2.24, 2.45) is 0 Å². The summed E-state index contributed by atoms with van der Waals surface area (Å²) in [5, 5.41) is 3.14. The normalized spacial score (nSPS) is 17.8. The number of nitrogens with one attached hydrogen (secondary N) is 3. The molecule has 1 aliphatic heterocycles. The predicted molar refractivity (Wildman–Crippen MR) is 74.6 cm³/mol. The van der Waals surface area contributed by atoms with Crippen molar-refractivity contribution < 1.29 is 17.9 Å². The van der Waals surface area contributed by atoms with Crippen molar-refractivity contribution in [3.8, 4) is 0 Å². The summed E-state index contributed by atoms with van der Waals surface area (Å²) in [6, 6.07) is 7.36.